The molecule has 3 rings (SSSR count). The Morgan fingerprint density at radius 1 is 0.949 bits per heavy atom. The van der Waals surface area contributed by atoms with Crippen LogP contribution < -0.4 is 14.4 Å². The molecule has 0 saturated heterocycles. The van der Waals surface area contributed by atoms with Crippen molar-refractivity contribution in [3.63, 3.8) is 0 Å². The third-order valence-electron chi connectivity index (χ3n) is 5.93. The first kappa shape index (κ1) is 30.0. The number of sulfonamides is 1. The molecule has 8 nitrogen and oxygen atoms in total. The lowest BCUT2D eigenvalue weighted by Gasteiger charge is -2.33. The minimum atomic E-state index is -4.14. The van der Waals surface area contributed by atoms with Crippen LogP contribution in [0.1, 0.15) is 33.3 Å². The van der Waals surface area contributed by atoms with Gasteiger partial charge >= 0.3 is 0 Å². The van der Waals surface area contributed by atoms with Crippen molar-refractivity contribution in [1.82, 2.24) is 10.2 Å². The van der Waals surface area contributed by atoms with E-state index in [1.54, 1.807) is 73.7 Å². The molecule has 0 bridgehead atoms. The third kappa shape index (κ3) is 7.74. The molecule has 1 atom stereocenters. The second-order valence-electron chi connectivity index (χ2n) is 10.1. The molecule has 0 radical (unpaired) electrons. The van der Waals surface area contributed by atoms with E-state index in [1.165, 1.54) is 24.1 Å². The first-order valence-electron chi connectivity index (χ1n) is 12.4. The van der Waals surface area contributed by atoms with Crippen molar-refractivity contribution in [2.45, 2.75) is 50.7 Å². The fraction of sp³-hybridized carbons (Fsp3) is 0.310. The number of rotatable bonds is 10. The largest absolute Gasteiger partial charge is 0.497 e. The van der Waals surface area contributed by atoms with Gasteiger partial charge in [0.2, 0.25) is 11.8 Å². The van der Waals surface area contributed by atoms with Crippen molar-refractivity contribution >= 4 is 39.1 Å². The van der Waals surface area contributed by atoms with E-state index in [0.29, 0.717) is 16.3 Å². The van der Waals surface area contributed by atoms with E-state index in [-0.39, 0.29) is 23.0 Å². The molecule has 0 heterocycles. The second-order valence-corrected chi connectivity index (χ2v) is 12.3. The molecule has 0 aliphatic rings. The zero-order valence-electron chi connectivity index (χ0n) is 22.7. The van der Waals surface area contributed by atoms with Gasteiger partial charge in [-0.1, -0.05) is 48.0 Å². The number of hydrogen-bond donors (Lipinski definition) is 1. The van der Waals surface area contributed by atoms with Crippen LogP contribution in [0, 0.1) is 0 Å². The topological polar surface area (TPSA) is 96.0 Å². The highest BCUT2D eigenvalue weighted by Gasteiger charge is 2.33. The van der Waals surface area contributed by atoms with Gasteiger partial charge in [0.15, 0.2) is 0 Å². The molecule has 0 aliphatic heterocycles. The molecule has 0 aliphatic carbocycles. The first-order chi connectivity index (χ1) is 18.3. The molecule has 0 aromatic heterocycles. The lowest BCUT2D eigenvalue weighted by Crippen LogP contribution is -2.54. The molecule has 39 heavy (non-hydrogen) atoms. The highest BCUT2D eigenvalue weighted by Crippen LogP contribution is 2.27. The Morgan fingerprint density at radius 3 is 2.10 bits per heavy atom. The van der Waals surface area contributed by atoms with Crippen molar-refractivity contribution in [3.8, 4) is 5.75 Å². The van der Waals surface area contributed by atoms with Gasteiger partial charge in [-0.05, 0) is 75.7 Å². The summed E-state index contributed by atoms with van der Waals surface area (Å²) in [6, 6.07) is 20.4. The Morgan fingerprint density at radius 2 is 1.54 bits per heavy atom. The van der Waals surface area contributed by atoms with E-state index in [1.807, 2.05) is 20.8 Å². The molecule has 10 heteroatoms. The van der Waals surface area contributed by atoms with Crippen LogP contribution in [0.4, 0.5) is 5.69 Å². The molecular weight excluding hydrogens is 538 g/mol. The number of ether oxygens (including phenoxy) is 1. The van der Waals surface area contributed by atoms with Gasteiger partial charge in [-0.3, -0.25) is 13.9 Å². The van der Waals surface area contributed by atoms with Crippen LogP contribution >= 0.6 is 11.6 Å². The van der Waals surface area contributed by atoms with Crippen molar-refractivity contribution in [3.05, 3.63) is 89.4 Å². The van der Waals surface area contributed by atoms with E-state index >= 15 is 0 Å². The van der Waals surface area contributed by atoms with Crippen LogP contribution in [0.25, 0.3) is 0 Å². The lowest BCUT2D eigenvalue weighted by atomic mass is 10.1. The fourth-order valence-corrected chi connectivity index (χ4v) is 5.49. The third-order valence-corrected chi connectivity index (χ3v) is 8.09. The predicted octanol–water partition coefficient (Wildman–Crippen LogP) is 4.88. The molecule has 0 saturated carbocycles. The summed E-state index contributed by atoms with van der Waals surface area (Å²) in [5.74, 6) is -0.401. The fourth-order valence-electron chi connectivity index (χ4n) is 3.86. The van der Waals surface area contributed by atoms with Crippen LogP contribution in [-0.2, 0) is 26.2 Å². The summed E-state index contributed by atoms with van der Waals surface area (Å²) >= 11 is 6.39. The van der Waals surface area contributed by atoms with Crippen molar-refractivity contribution < 1.29 is 22.7 Å². The molecular formula is C29H34ClN3O5S. The van der Waals surface area contributed by atoms with Gasteiger partial charge in [0.05, 0.1) is 17.7 Å². The number of halogens is 1. The molecule has 3 aromatic carbocycles. The lowest BCUT2D eigenvalue weighted by molar-refractivity contribution is -0.140. The first-order valence-corrected chi connectivity index (χ1v) is 14.2. The van der Waals surface area contributed by atoms with E-state index in [9.17, 15) is 18.0 Å². The highest BCUT2D eigenvalue weighted by atomic mass is 35.5. The number of carbonyl (C=O) groups is 2. The summed E-state index contributed by atoms with van der Waals surface area (Å²) in [4.78, 5) is 28.4. The van der Waals surface area contributed by atoms with Crippen LogP contribution in [0.2, 0.25) is 5.02 Å². The van der Waals surface area contributed by atoms with Gasteiger partial charge < -0.3 is 15.0 Å². The van der Waals surface area contributed by atoms with E-state index in [2.05, 4.69) is 5.32 Å². The average Bonchev–Trinajstić information content (AvgIpc) is 2.90. The zero-order chi connectivity index (χ0) is 28.8. The second kappa shape index (κ2) is 12.5. The number of nitrogens with zero attached hydrogens (tertiary/aromatic N) is 2. The van der Waals surface area contributed by atoms with Gasteiger partial charge in [0.1, 0.15) is 18.3 Å². The van der Waals surface area contributed by atoms with Crippen molar-refractivity contribution in [2.75, 3.05) is 18.0 Å². The Balaban J connectivity index is 2.04. The van der Waals surface area contributed by atoms with E-state index in [0.717, 1.165) is 4.31 Å². The van der Waals surface area contributed by atoms with Crippen LogP contribution in [0.3, 0.4) is 0 Å². The maximum Gasteiger partial charge on any atom is 0.264 e. The Kier molecular flexibility index (Phi) is 9.63. The minimum absolute atomic E-state index is 0.0130. The van der Waals surface area contributed by atoms with E-state index < -0.39 is 34.1 Å². The van der Waals surface area contributed by atoms with Gasteiger partial charge in [0.25, 0.3) is 10.0 Å². The highest BCUT2D eigenvalue weighted by molar-refractivity contribution is 7.92. The van der Waals surface area contributed by atoms with Crippen LogP contribution in [0.15, 0.2) is 83.8 Å². The summed E-state index contributed by atoms with van der Waals surface area (Å²) in [6.07, 6.45) is 0. The zero-order valence-corrected chi connectivity index (χ0v) is 24.3. The monoisotopic (exact) mass is 571 g/mol. The molecule has 3 aromatic rings. The maximum atomic E-state index is 13.9. The summed E-state index contributed by atoms with van der Waals surface area (Å²) < 4.78 is 33.8. The number of nitrogens with one attached hydrogen (secondary N) is 1. The molecule has 0 spiro atoms. The normalized spacial score (nSPS) is 12.4. The minimum Gasteiger partial charge on any atom is -0.497 e. The summed E-state index contributed by atoms with van der Waals surface area (Å²) in [6.45, 7) is 6.61. The molecule has 0 fully saturated rings. The van der Waals surface area contributed by atoms with Gasteiger partial charge in [-0.25, -0.2) is 8.42 Å². The number of methoxy groups -OCH3 is 1. The Hall–Kier alpha value is -3.56. The molecule has 2 amide bonds. The van der Waals surface area contributed by atoms with Crippen LogP contribution in [-0.4, -0.2) is 50.4 Å². The Bertz CT molecular complexity index is 1390. The molecule has 0 unspecified atom stereocenters. The van der Waals surface area contributed by atoms with Gasteiger partial charge in [0, 0.05) is 17.1 Å². The van der Waals surface area contributed by atoms with Gasteiger partial charge in [-0.2, -0.15) is 0 Å². The van der Waals surface area contributed by atoms with Crippen molar-refractivity contribution in [2.24, 2.45) is 0 Å². The van der Waals surface area contributed by atoms with Gasteiger partial charge in [-0.15, -0.1) is 0 Å². The van der Waals surface area contributed by atoms with E-state index in [4.69, 9.17) is 16.3 Å². The quantitative estimate of drug-likeness (QED) is 0.374. The number of amides is 2. The molecule has 1 N–H and O–H groups in total. The number of hydrogen-bond acceptors (Lipinski definition) is 5. The smallest absolute Gasteiger partial charge is 0.264 e. The summed E-state index contributed by atoms with van der Waals surface area (Å²) in [5.41, 5.74) is 0.373. The predicted molar refractivity (Wildman–Crippen MR) is 153 cm³/mol. The summed E-state index contributed by atoms with van der Waals surface area (Å²) in [7, 11) is -2.63. The summed E-state index contributed by atoms with van der Waals surface area (Å²) in [5, 5.41) is 3.33. The average molecular weight is 572 g/mol. The SMILES string of the molecule is COc1ccc(N(CC(=O)N(Cc2ccccc2Cl)[C@@H](C)C(=O)NC(C)(C)C)S(=O)(=O)c2ccccc2)cc1. The standard InChI is InChI=1S/C29H34ClN3O5S/c1-21(28(35)31-29(2,3)4)32(19-22-11-9-10-14-26(22)30)27(34)20-33(23-15-17-24(38-5)18-16-23)39(36,37)25-12-7-6-8-13-25/h6-18,21H,19-20H2,1-5H3,(H,31,35)/t21-/m0/s1. The number of benzene rings is 3. The number of carbonyl (C=O) groups excluding carboxylic acids is 2. The Labute approximate surface area is 235 Å². The number of anilines is 1. The van der Waals surface area contributed by atoms with Crippen LogP contribution in [0.5, 0.6) is 5.75 Å². The molecule has 208 valence electrons. The van der Waals surface area contributed by atoms with Crippen molar-refractivity contribution in [1.29, 1.82) is 0 Å². The maximum absolute atomic E-state index is 13.9.